The van der Waals surface area contributed by atoms with Crippen LogP contribution >= 0.6 is 0 Å². The van der Waals surface area contributed by atoms with Gasteiger partial charge in [-0.15, -0.1) is 0 Å². The van der Waals surface area contributed by atoms with Gasteiger partial charge in [0.25, 0.3) is 0 Å². The van der Waals surface area contributed by atoms with Gasteiger partial charge in [-0.05, 0) is 43.9 Å². The molecule has 0 amide bonds. The van der Waals surface area contributed by atoms with Crippen molar-refractivity contribution in [3.8, 4) is 0 Å². The molecule has 2 unspecified atom stereocenters. The fourth-order valence-corrected chi connectivity index (χ4v) is 3.05. The van der Waals surface area contributed by atoms with Crippen LogP contribution in [0.3, 0.4) is 0 Å². The number of rotatable bonds is 3. The Morgan fingerprint density at radius 1 is 1.37 bits per heavy atom. The van der Waals surface area contributed by atoms with Gasteiger partial charge in [0.15, 0.2) is 0 Å². The summed E-state index contributed by atoms with van der Waals surface area (Å²) in [5.74, 6) is 0.672. The molecule has 0 saturated carbocycles. The van der Waals surface area contributed by atoms with Crippen LogP contribution in [0.5, 0.6) is 0 Å². The van der Waals surface area contributed by atoms with Gasteiger partial charge in [0.05, 0.1) is 6.04 Å². The number of nitrogens with zero attached hydrogens (tertiary/aromatic N) is 2. The van der Waals surface area contributed by atoms with Crippen LogP contribution in [0.2, 0.25) is 0 Å². The maximum absolute atomic E-state index is 6.45. The molecular formula is C16H27N3. The lowest BCUT2D eigenvalue weighted by atomic mass is 9.97. The van der Waals surface area contributed by atoms with Crippen molar-refractivity contribution in [3.05, 3.63) is 29.6 Å². The Morgan fingerprint density at radius 3 is 2.79 bits per heavy atom. The van der Waals surface area contributed by atoms with Gasteiger partial charge in [0.2, 0.25) is 0 Å². The first-order chi connectivity index (χ1) is 9.08. The summed E-state index contributed by atoms with van der Waals surface area (Å²) < 4.78 is 0. The average Bonchev–Trinajstić information content (AvgIpc) is 2.52. The van der Waals surface area contributed by atoms with Crippen LogP contribution in [0.4, 0.5) is 0 Å². The molecule has 3 nitrogen and oxygen atoms in total. The predicted molar refractivity (Wildman–Crippen MR) is 80.0 cm³/mol. The number of hydrogen-bond acceptors (Lipinski definition) is 3. The molecule has 106 valence electrons. The van der Waals surface area contributed by atoms with Gasteiger partial charge in [0, 0.05) is 24.5 Å². The third kappa shape index (κ3) is 3.77. The number of pyridine rings is 1. The highest BCUT2D eigenvalue weighted by Gasteiger charge is 2.29. The van der Waals surface area contributed by atoms with E-state index in [0.29, 0.717) is 12.0 Å². The van der Waals surface area contributed by atoms with Crippen molar-refractivity contribution in [2.45, 2.75) is 52.1 Å². The van der Waals surface area contributed by atoms with Crippen LogP contribution in [-0.4, -0.2) is 29.0 Å². The summed E-state index contributed by atoms with van der Waals surface area (Å²) in [4.78, 5) is 7.01. The molecule has 2 rings (SSSR count). The van der Waals surface area contributed by atoms with Gasteiger partial charge in [-0.25, -0.2) is 0 Å². The quantitative estimate of drug-likeness (QED) is 0.909. The van der Waals surface area contributed by atoms with E-state index >= 15 is 0 Å². The first kappa shape index (κ1) is 14.5. The predicted octanol–water partition coefficient (Wildman–Crippen LogP) is 2.90. The molecule has 3 heteroatoms. The maximum atomic E-state index is 6.45. The molecule has 1 aliphatic heterocycles. The van der Waals surface area contributed by atoms with Crippen LogP contribution in [-0.2, 0) is 0 Å². The van der Waals surface area contributed by atoms with Crippen LogP contribution in [0.1, 0.15) is 50.4 Å². The second-order valence-electron chi connectivity index (χ2n) is 6.23. The molecule has 0 spiro atoms. The Kier molecular flexibility index (Phi) is 4.94. The van der Waals surface area contributed by atoms with Gasteiger partial charge < -0.3 is 5.73 Å². The fraction of sp³-hybridized carbons (Fsp3) is 0.688. The molecule has 1 fully saturated rings. The van der Waals surface area contributed by atoms with E-state index in [0.717, 1.165) is 25.2 Å². The number of nitrogens with two attached hydrogens (primary N) is 1. The zero-order chi connectivity index (χ0) is 13.8. The van der Waals surface area contributed by atoms with Crippen molar-refractivity contribution in [3.63, 3.8) is 0 Å². The van der Waals surface area contributed by atoms with Crippen molar-refractivity contribution in [2.75, 3.05) is 13.1 Å². The van der Waals surface area contributed by atoms with Gasteiger partial charge >= 0.3 is 0 Å². The van der Waals surface area contributed by atoms with Gasteiger partial charge in [0.1, 0.15) is 0 Å². The SMILES string of the molecule is Cc1ccc(C2C(N)CCCCN2CC(C)C)cn1. The van der Waals surface area contributed by atoms with Crippen molar-refractivity contribution in [1.82, 2.24) is 9.88 Å². The molecule has 2 heterocycles. The van der Waals surface area contributed by atoms with Crippen molar-refractivity contribution < 1.29 is 0 Å². The lowest BCUT2D eigenvalue weighted by Crippen LogP contribution is -2.41. The summed E-state index contributed by atoms with van der Waals surface area (Å²) in [6.07, 6.45) is 5.63. The molecule has 2 N–H and O–H groups in total. The van der Waals surface area contributed by atoms with E-state index < -0.39 is 0 Å². The fourth-order valence-electron chi connectivity index (χ4n) is 3.05. The Bertz CT molecular complexity index is 385. The second kappa shape index (κ2) is 6.49. The van der Waals surface area contributed by atoms with E-state index in [1.54, 1.807) is 0 Å². The monoisotopic (exact) mass is 261 g/mol. The zero-order valence-corrected chi connectivity index (χ0v) is 12.5. The van der Waals surface area contributed by atoms with Gasteiger partial charge in [-0.3, -0.25) is 9.88 Å². The maximum Gasteiger partial charge on any atom is 0.0514 e. The van der Waals surface area contributed by atoms with Crippen LogP contribution in [0.25, 0.3) is 0 Å². The molecule has 1 aliphatic rings. The topological polar surface area (TPSA) is 42.1 Å². The van der Waals surface area contributed by atoms with Crippen LogP contribution in [0.15, 0.2) is 18.3 Å². The lowest BCUT2D eigenvalue weighted by Gasteiger charge is -2.34. The van der Waals surface area contributed by atoms with Crippen molar-refractivity contribution in [2.24, 2.45) is 11.7 Å². The highest BCUT2D eigenvalue weighted by atomic mass is 15.2. The molecule has 0 radical (unpaired) electrons. The molecule has 19 heavy (non-hydrogen) atoms. The first-order valence-electron chi connectivity index (χ1n) is 7.50. The van der Waals surface area contributed by atoms with E-state index in [4.69, 9.17) is 5.73 Å². The standard InChI is InChI=1S/C16H27N3/c1-12(2)11-19-9-5-4-6-15(17)16(19)14-8-7-13(3)18-10-14/h7-8,10,12,15-16H,4-6,9,11,17H2,1-3H3. The summed E-state index contributed by atoms with van der Waals surface area (Å²) >= 11 is 0. The third-order valence-electron chi connectivity index (χ3n) is 3.91. The Morgan fingerprint density at radius 2 is 2.16 bits per heavy atom. The second-order valence-corrected chi connectivity index (χ2v) is 6.23. The van der Waals surface area contributed by atoms with Crippen molar-refractivity contribution in [1.29, 1.82) is 0 Å². The molecule has 0 bridgehead atoms. The average molecular weight is 261 g/mol. The van der Waals surface area contributed by atoms with Gasteiger partial charge in [-0.2, -0.15) is 0 Å². The van der Waals surface area contributed by atoms with E-state index in [2.05, 4.69) is 35.9 Å². The summed E-state index contributed by atoms with van der Waals surface area (Å²) in [5.41, 5.74) is 8.79. The molecule has 1 aromatic heterocycles. The molecule has 2 atom stereocenters. The van der Waals surface area contributed by atoms with Crippen LogP contribution < -0.4 is 5.73 Å². The molecule has 0 aliphatic carbocycles. The van der Waals surface area contributed by atoms with E-state index in [1.807, 2.05) is 13.1 Å². The molecule has 1 aromatic rings. The smallest absolute Gasteiger partial charge is 0.0514 e. The normalized spacial score (nSPS) is 25.5. The van der Waals surface area contributed by atoms with Crippen LogP contribution in [0, 0.1) is 12.8 Å². The Hall–Kier alpha value is -0.930. The molecule has 0 aromatic carbocycles. The first-order valence-corrected chi connectivity index (χ1v) is 7.50. The number of hydrogen-bond donors (Lipinski definition) is 1. The molecular weight excluding hydrogens is 234 g/mol. The lowest BCUT2D eigenvalue weighted by molar-refractivity contribution is 0.165. The minimum atomic E-state index is 0.228. The highest BCUT2D eigenvalue weighted by Crippen LogP contribution is 2.29. The van der Waals surface area contributed by atoms with Gasteiger partial charge in [-0.1, -0.05) is 26.3 Å². The van der Waals surface area contributed by atoms with E-state index in [9.17, 15) is 0 Å². The number of aryl methyl sites for hydroxylation is 1. The minimum Gasteiger partial charge on any atom is -0.326 e. The number of likely N-dealkylation sites (tertiary alicyclic amines) is 1. The zero-order valence-electron chi connectivity index (χ0n) is 12.5. The minimum absolute atomic E-state index is 0.228. The van der Waals surface area contributed by atoms with E-state index in [-0.39, 0.29) is 6.04 Å². The summed E-state index contributed by atoms with van der Waals surface area (Å²) in [7, 11) is 0. The molecule has 1 saturated heterocycles. The number of aromatic nitrogens is 1. The van der Waals surface area contributed by atoms with E-state index in [1.165, 1.54) is 18.4 Å². The summed E-state index contributed by atoms with van der Waals surface area (Å²) in [6, 6.07) is 4.86. The summed E-state index contributed by atoms with van der Waals surface area (Å²) in [5, 5.41) is 0. The summed E-state index contributed by atoms with van der Waals surface area (Å²) in [6.45, 7) is 8.86. The Balaban J connectivity index is 2.25. The third-order valence-corrected chi connectivity index (χ3v) is 3.91. The highest BCUT2D eigenvalue weighted by molar-refractivity contribution is 5.19. The largest absolute Gasteiger partial charge is 0.326 e. The Labute approximate surface area is 117 Å². The van der Waals surface area contributed by atoms with Crippen molar-refractivity contribution >= 4 is 0 Å².